The van der Waals surface area contributed by atoms with Crippen LogP contribution in [-0.4, -0.2) is 38.1 Å². The number of sulfonamides is 1. The summed E-state index contributed by atoms with van der Waals surface area (Å²) < 4.78 is 70.8. The summed E-state index contributed by atoms with van der Waals surface area (Å²) in [6.45, 7) is 0.198. The van der Waals surface area contributed by atoms with Crippen LogP contribution in [-0.2, 0) is 25.7 Å². The average Bonchev–Trinajstić information content (AvgIpc) is 3.43. The average molecular weight is 531 g/mol. The lowest BCUT2D eigenvalue weighted by molar-refractivity contribution is -0.137. The second-order valence-electron chi connectivity index (χ2n) is 7.31. The molecule has 4 rings (SSSR count). The first-order valence-corrected chi connectivity index (χ1v) is 12.4. The number of aromatic nitrogens is 1. The first kappa shape index (κ1) is 24.5. The third-order valence-electron chi connectivity index (χ3n) is 4.95. The van der Waals surface area contributed by atoms with Gasteiger partial charge in [-0.25, -0.2) is 18.2 Å². The third-order valence-corrected chi connectivity index (χ3v) is 7.13. The van der Waals surface area contributed by atoms with Crippen LogP contribution in [0.3, 0.4) is 0 Å². The second-order valence-corrected chi connectivity index (χ2v) is 9.89. The third kappa shape index (κ3) is 5.71. The minimum absolute atomic E-state index is 0. The highest BCUT2D eigenvalue weighted by molar-refractivity contribution is 7.93. The summed E-state index contributed by atoms with van der Waals surface area (Å²) in [5, 5.41) is 4.03. The van der Waals surface area contributed by atoms with E-state index in [9.17, 15) is 31.2 Å². The number of anilines is 3. The van der Waals surface area contributed by atoms with E-state index in [2.05, 4.69) is 15.0 Å². The molecule has 0 radical (unpaired) electrons. The number of thiazole rings is 1. The van der Waals surface area contributed by atoms with Crippen molar-refractivity contribution in [2.75, 3.05) is 21.5 Å². The van der Waals surface area contributed by atoms with Crippen LogP contribution in [0.25, 0.3) is 0 Å². The van der Waals surface area contributed by atoms with Gasteiger partial charge in [-0.1, -0.05) is 6.07 Å². The Morgan fingerprint density at radius 2 is 1.94 bits per heavy atom. The number of hydrogen-bond donors (Lipinski definition) is 2. The van der Waals surface area contributed by atoms with Gasteiger partial charge in [-0.05, 0) is 42.5 Å². The number of hydrogen-bond acceptors (Lipinski definition) is 7. The van der Waals surface area contributed by atoms with Crippen LogP contribution in [0.5, 0.6) is 0 Å². The quantitative estimate of drug-likeness (QED) is 0.472. The van der Waals surface area contributed by atoms with Gasteiger partial charge in [0.2, 0.25) is 0 Å². The molecule has 188 valence electrons. The zero-order valence-electron chi connectivity index (χ0n) is 17.7. The molecule has 9 nitrogen and oxygen atoms in total. The van der Waals surface area contributed by atoms with Crippen LogP contribution < -0.4 is 14.9 Å². The Morgan fingerprint density at radius 1 is 1.20 bits per heavy atom. The number of amides is 2. The van der Waals surface area contributed by atoms with Crippen LogP contribution in [0.1, 0.15) is 14.8 Å². The molecule has 1 fully saturated rings. The van der Waals surface area contributed by atoms with E-state index < -0.39 is 39.9 Å². The predicted molar refractivity (Wildman–Crippen MR) is 126 cm³/mol. The van der Waals surface area contributed by atoms with E-state index in [0.717, 1.165) is 29.5 Å². The smallest absolute Gasteiger partial charge is 0.416 e. The molecule has 1 atom stereocenters. The molecule has 0 spiro atoms. The largest absolute Gasteiger partial charge is 0.436 e. The first-order chi connectivity index (χ1) is 16.5. The van der Waals surface area contributed by atoms with Gasteiger partial charge in [0.25, 0.3) is 15.9 Å². The lowest BCUT2D eigenvalue weighted by atomic mass is 10.2. The maximum atomic E-state index is 12.8. The molecule has 1 aromatic heterocycles. The van der Waals surface area contributed by atoms with Gasteiger partial charge in [0.1, 0.15) is 0 Å². The van der Waals surface area contributed by atoms with Crippen molar-refractivity contribution in [2.24, 2.45) is 0 Å². The highest BCUT2D eigenvalue weighted by Gasteiger charge is 2.36. The molecule has 2 heterocycles. The van der Waals surface area contributed by atoms with E-state index >= 15 is 0 Å². The number of nitrogens with zero attached hydrogens (tertiary/aromatic N) is 2. The lowest BCUT2D eigenvalue weighted by Crippen LogP contribution is -2.33. The molecule has 3 aromatic rings. The molecule has 1 unspecified atom stereocenters. The summed E-state index contributed by atoms with van der Waals surface area (Å²) in [4.78, 5) is 30.0. The maximum Gasteiger partial charge on any atom is 0.416 e. The molecule has 2 aromatic carbocycles. The van der Waals surface area contributed by atoms with E-state index in [1.54, 1.807) is 5.38 Å². The molecular formula is C21H21F3N4O5S2. The number of rotatable bonds is 6. The number of benzene rings is 2. The van der Waals surface area contributed by atoms with Crippen molar-refractivity contribution in [3.63, 3.8) is 0 Å². The Hall–Kier alpha value is -3.65. The Kier molecular flexibility index (Phi) is 6.67. The summed E-state index contributed by atoms with van der Waals surface area (Å²) in [5.74, 6) is -0.541. The van der Waals surface area contributed by atoms with Gasteiger partial charge < -0.3 is 9.64 Å². The van der Waals surface area contributed by atoms with Gasteiger partial charge >= 0.3 is 12.3 Å². The number of halogens is 3. The fourth-order valence-corrected chi connectivity index (χ4v) is 5.11. The monoisotopic (exact) mass is 530 g/mol. The van der Waals surface area contributed by atoms with Gasteiger partial charge in [0, 0.05) is 38.8 Å². The lowest BCUT2D eigenvalue weighted by Gasteiger charge is -2.17. The molecule has 0 bridgehead atoms. The van der Waals surface area contributed by atoms with Crippen molar-refractivity contribution in [2.45, 2.75) is 23.6 Å². The molecular weight excluding hydrogens is 509 g/mol. The highest BCUT2D eigenvalue weighted by atomic mass is 32.2. The van der Waals surface area contributed by atoms with Crippen molar-refractivity contribution < 1.29 is 38.8 Å². The van der Waals surface area contributed by atoms with E-state index in [1.165, 1.54) is 41.4 Å². The summed E-state index contributed by atoms with van der Waals surface area (Å²) >= 11 is 1.12. The zero-order chi connectivity index (χ0) is 25.2. The molecule has 35 heavy (non-hydrogen) atoms. The van der Waals surface area contributed by atoms with Crippen molar-refractivity contribution in [3.05, 3.63) is 65.7 Å². The van der Waals surface area contributed by atoms with E-state index in [4.69, 9.17) is 4.74 Å². The van der Waals surface area contributed by atoms with Crippen LogP contribution >= 0.6 is 11.3 Å². The Morgan fingerprint density at radius 3 is 2.60 bits per heavy atom. The molecule has 14 heteroatoms. The number of carbonyl (C=O) groups is 2. The molecule has 1 saturated heterocycles. The maximum absolute atomic E-state index is 12.8. The van der Waals surface area contributed by atoms with E-state index in [0.29, 0.717) is 5.69 Å². The Balaban J connectivity index is 0.00000241. The SMILES string of the molecule is O=C(Nc1cccc(C(F)(F)F)c1)OC1CCN(c2ccc(S(=O)(=O)Nc3nccs3)cc2)C1=O.[HH].[HH]. The minimum Gasteiger partial charge on any atom is -0.436 e. The standard InChI is InChI=1S/C21H17F3N4O5S2.2H2/c22-21(23,24)13-2-1-3-14(12-13)26-20(30)33-17-8-10-28(18(17)29)15-4-6-16(7-5-15)35(31,32)27-19-25-9-11-34-19;;/h1-7,9,11-12,17H,8,10H2,(H,25,27)(H,26,30);2*1H. The van der Waals surface area contributed by atoms with Gasteiger partial charge in [-0.15, -0.1) is 11.3 Å². The summed E-state index contributed by atoms with van der Waals surface area (Å²) in [5.41, 5.74) is -0.673. The van der Waals surface area contributed by atoms with Crippen molar-refractivity contribution in [1.82, 2.24) is 4.98 Å². The topological polar surface area (TPSA) is 118 Å². The summed E-state index contributed by atoms with van der Waals surface area (Å²) in [6, 6.07) is 9.55. The van der Waals surface area contributed by atoms with Gasteiger partial charge in [-0.2, -0.15) is 13.2 Å². The number of alkyl halides is 3. The predicted octanol–water partition coefficient (Wildman–Crippen LogP) is 4.81. The van der Waals surface area contributed by atoms with Crippen LogP contribution in [0.2, 0.25) is 0 Å². The fourth-order valence-electron chi connectivity index (χ4n) is 3.32. The van der Waals surface area contributed by atoms with Crippen molar-refractivity contribution in [1.29, 1.82) is 0 Å². The molecule has 2 amide bonds. The Labute approximate surface area is 204 Å². The number of ether oxygens (including phenoxy) is 1. The summed E-state index contributed by atoms with van der Waals surface area (Å²) in [7, 11) is -3.86. The van der Waals surface area contributed by atoms with E-state index in [-0.39, 0.29) is 31.5 Å². The van der Waals surface area contributed by atoms with Crippen molar-refractivity contribution >= 4 is 49.9 Å². The number of carbonyl (C=O) groups excluding carboxylic acids is 2. The van der Waals surface area contributed by atoms with Crippen LogP contribution in [0, 0.1) is 0 Å². The molecule has 0 saturated carbocycles. The van der Waals surface area contributed by atoms with Gasteiger partial charge in [0.15, 0.2) is 11.2 Å². The van der Waals surface area contributed by atoms with Gasteiger partial charge in [0.05, 0.1) is 10.5 Å². The van der Waals surface area contributed by atoms with E-state index in [1.807, 2.05) is 0 Å². The molecule has 1 aliphatic rings. The molecule has 2 N–H and O–H groups in total. The first-order valence-electron chi connectivity index (χ1n) is 10.0. The van der Waals surface area contributed by atoms with Crippen LogP contribution in [0.4, 0.5) is 34.5 Å². The zero-order valence-corrected chi connectivity index (χ0v) is 19.3. The normalized spacial score (nSPS) is 16.3. The Bertz CT molecular complexity index is 1340. The second kappa shape index (κ2) is 9.54. The molecule has 1 aliphatic heterocycles. The minimum atomic E-state index is -4.57. The number of nitrogens with one attached hydrogen (secondary N) is 2. The van der Waals surface area contributed by atoms with Crippen LogP contribution in [0.15, 0.2) is 65.0 Å². The van der Waals surface area contributed by atoms with Gasteiger partial charge in [-0.3, -0.25) is 14.8 Å². The summed E-state index contributed by atoms with van der Waals surface area (Å²) in [6.07, 6.45) is -5.17. The highest BCUT2D eigenvalue weighted by Crippen LogP contribution is 2.31. The van der Waals surface area contributed by atoms with Crippen molar-refractivity contribution in [3.8, 4) is 0 Å². The fraction of sp³-hybridized carbons (Fsp3) is 0.190. The molecule has 0 aliphatic carbocycles.